The van der Waals surface area contributed by atoms with E-state index in [4.69, 9.17) is 5.26 Å². The van der Waals surface area contributed by atoms with E-state index in [2.05, 4.69) is 13.0 Å². The minimum absolute atomic E-state index is 0.737. The highest BCUT2D eigenvalue weighted by Gasteiger charge is 1.93. The molecule has 13 heavy (non-hydrogen) atoms. The van der Waals surface area contributed by atoms with Crippen molar-refractivity contribution >= 4 is 0 Å². The third kappa shape index (κ3) is 3.29. The maximum absolute atomic E-state index is 8.58. The average molecular weight is 172 g/mol. The number of unbranched alkanes of at least 4 members (excludes halogenated alkanes) is 2. The normalized spacial score (nSPS) is 9.54. The second-order valence-electron chi connectivity index (χ2n) is 3.12. The third-order valence-corrected chi connectivity index (χ3v) is 2.05. The van der Waals surface area contributed by atoms with E-state index in [0.717, 1.165) is 18.4 Å². The summed E-state index contributed by atoms with van der Waals surface area (Å²) in [5.74, 6) is 0. The fraction of sp³-hybridized carbons (Fsp3) is 0.333. The van der Waals surface area contributed by atoms with Crippen LogP contribution in [0.25, 0.3) is 0 Å². The van der Waals surface area contributed by atoms with Gasteiger partial charge >= 0.3 is 0 Å². The first kappa shape index (κ1) is 9.80. The van der Waals surface area contributed by atoms with Gasteiger partial charge in [0.05, 0.1) is 11.6 Å². The Bertz CT molecular complexity index is 279. The Morgan fingerprint density at radius 1 is 1.15 bits per heavy atom. The average Bonchev–Trinajstić information content (AvgIpc) is 2.19. The Kier molecular flexibility index (Phi) is 4.05. The second kappa shape index (κ2) is 5.37. The maximum Gasteiger partial charge on any atom is 0.0991 e. The van der Waals surface area contributed by atoms with Crippen LogP contribution in [0.2, 0.25) is 0 Å². The lowest BCUT2D eigenvalue weighted by Crippen LogP contribution is -1.85. The Hall–Kier alpha value is -1.29. The Morgan fingerprint density at radius 3 is 2.38 bits per heavy atom. The van der Waals surface area contributed by atoms with Gasteiger partial charge in [0.2, 0.25) is 0 Å². The number of nitrogens with zero attached hydrogens (tertiary/aromatic N) is 1. The van der Waals surface area contributed by atoms with E-state index in [0.29, 0.717) is 0 Å². The maximum atomic E-state index is 8.58. The van der Waals surface area contributed by atoms with Gasteiger partial charge in [0, 0.05) is 0 Å². The van der Waals surface area contributed by atoms with Gasteiger partial charge in [-0.05, 0) is 30.5 Å². The van der Waals surface area contributed by atoms with E-state index in [-0.39, 0.29) is 0 Å². The lowest BCUT2D eigenvalue weighted by atomic mass is 10.1. The lowest BCUT2D eigenvalue weighted by Gasteiger charge is -1.99. The molecule has 1 rings (SSSR count). The predicted molar refractivity (Wildman–Crippen MR) is 54.1 cm³/mol. The van der Waals surface area contributed by atoms with Gasteiger partial charge in [-0.25, -0.2) is 0 Å². The summed E-state index contributed by atoms with van der Waals surface area (Å²) in [7, 11) is 0. The molecule has 0 N–H and O–H groups in total. The molecular formula is C12H14N. The Morgan fingerprint density at radius 2 is 1.85 bits per heavy atom. The molecule has 0 aliphatic rings. The number of hydrogen-bond acceptors (Lipinski definition) is 1. The first-order valence-corrected chi connectivity index (χ1v) is 4.65. The van der Waals surface area contributed by atoms with Gasteiger partial charge in [0.15, 0.2) is 0 Å². The van der Waals surface area contributed by atoms with Crippen molar-refractivity contribution in [3.63, 3.8) is 0 Å². The van der Waals surface area contributed by atoms with Gasteiger partial charge in [-0.3, -0.25) is 0 Å². The molecule has 0 atom stereocenters. The molecule has 0 saturated heterocycles. The van der Waals surface area contributed by atoms with E-state index in [1.807, 2.05) is 24.3 Å². The zero-order valence-corrected chi connectivity index (χ0v) is 7.79. The third-order valence-electron chi connectivity index (χ3n) is 2.05. The molecule has 0 aromatic heterocycles. The van der Waals surface area contributed by atoms with E-state index >= 15 is 0 Å². The predicted octanol–water partition coefficient (Wildman–Crippen LogP) is 3.11. The van der Waals surface area contributed by atoms with Gasteiger partial charge in [-0.2, -0.15) is 5.26 Å². The van der Waals surface area contributed by atoms with Crippen LogP contribution in [0.15, 0.2) is 24.3 Å². The lowest BCUT2D eigenvalue weighted by molar-refractivity contribution is 0.746. The summed E-state index contributed by atoms with van der Waals surface area (Å²) in [5.41, 5.74) is 2.05. The summed E-state index contributed by atoms with van der Waals surface area (Å²) in [5, 5.41) is 8.58. The summed E-state index contributed by atoms with van der Waals surface area (Å²) < 4.78 is 0. The SMILES string of the molecule is [CH2]CCCCc1ccc(C#N)cc1. The van der Waals surface area contributed by atoms with Crippen molar-refractivity contribution in [1.82, 2.24) is 0 Å². The topological polar surface area (TPSA) is 23.8 Å². The van der Waals surface area contributed by atoms with Crippen molar-refractivity contribution in [2.45, 2.75) is 25.7 Å². The monoisotopic (exact) mass is 172 g/mol. The molecule has 1 aromatic rings. The molecule has 0 amide bonds. The number of hydrogen-bond donors (Lipinski definition) is 0. The van der Waals surface area contributed by atoms with Crippen LogP contribution in [0, 0.1) is 18.3 Å². The Balaban J connectivity index is 2.46. The van der Waals surface area contributed by atoms with Crippen LogP contribution >= 0.6 is 0 Å². The molecule has 0 fully saturated rings. The number of nitriles is 1. The molecule has 0 aliphatic heterocycles. The summed E-state index contributed by atoms with van der Waals surface area (Å²) in [4.78, 5) is 0. The van der Waals surface area contributed by atoms with Crippen molar-refractivity contribution in [2.24, 2.45) is 0 Å². The number of rotatable bonds is 4. The summed E-state index contributed by atoms with van der Waals surface area (Å²) in [6.45, 7) is 3.80. The zero-order valence-electron chi connectivity index (χ0n) is 7.79. The van der Waals surface area contributed by atoms with Crippen molar-refractivity contribution in [1.29, 1.82) is 5.26 Å². The highest BCUT2D eigenvalue weighted by atomic mass is 14.2. The van der Waals surface area contributed by atoms with E-state index < -0.39 is 0 Å². The van der Waals surface area contributed by atoms with Crippen LogP contribution in [-0.2, 0) is 6.42 Å². The number of aryl methyl sites for hydroxylation is 1. The highest BCUT2D eigenvalue weighted by molar-refractivity contribution is 5.31. The molecule has 1 heteroatoms. The molecule has 0 aliphatic carbocycles. The van der Waals surface area contributed by atoms with Gasteiger partial charge in [0.1, 0.15) is 0 Å². The Labute approximate surface area is 80.0 Å². The summed E-state index contributed by atoms with van der Waals surface area (Å²) in [6.07, 6.45) is 4.48. The first-order chi connectivity index (χ1) is 6.36. The van der Waals surface area contributed by atoms with Crippen LogP contribution in [0.5, 0.6) is 0 Å². The molecule has 1 nitrogen and oxygen atoms in total. The molecule has 1 radical (unpaired) electrons. The molecule has 0 spiro atoms. The van der Waals surface area contributed by atoms with Crippen LogP contribution in [0.4, 0.5) is 0 Å². The standard InChI is InChI=1S/C12H14N/c1-2-3-4-5-11-6-8-12(10-13)9-7-11/h6-9H,1-5H2. The fourth-order valence-corrected chi connectivity index (χ4v) is 1.25. The van der Waals surface area contributed by atoms with E-state index in [1.54, 1.807) is 0 Å². The molecule has 0 saturated carbocycles. The van der Waals surface area contributed by atoms with Gasteiger partial charge in [-0.1, -0.05) is 31.9 Å². The van der Waals surface area contributed by atoms with Gasteiger partial charge < -0.3 is 0 Å². The smallest absolute Gasteiger partial charge is 0.0991 e. The summed E-state index contributed by atoms with van der Waals surface area (Å²) in [6, 6.07) is 9.92. The summed E-state index contributed by atoms with van der Waals surface area (Å²) >= 11 is 0. The van der Waals surface area contributed by atoms with Gasteiger partial charge in [0.25, 0.3) is 0 Å². The van der Waals surface area contributed by atoms with E-state index in [1.165, 1.54) is 18.4 Å². The van der Waals surface area contributed by atoms with Crippen molar-refractivity contribution in [2.75, 3.05) is 0 Å². The second-order valence-corrected chi connectivity index (χ2v) is 3.12. The van der Waals surface area contributed by atoms with Crippen molar-refractivity contribution < 1.29 is 0 Å². The molecular weight excluding hydrogens is 158 g/mol. The molecule has 0 bridgehead atoms. The van der Waals surface area contributed by atoms with Crippen LogP contribution in [0.3, 0.4) is 0 Å². The molecule has 0 unspecified atom stereocenters. The molecule has 0 heterocycles. The minimum atomic E-state index is 0.737. The quantitative estimate of drug-likeness (QED) is 0.640. The van der Waals surface area contributed by atoms with E-state index in [9.17, 15) is 0 Å². The molecule has 1 aromatic carbocycles. The van der Waals surface area contributed by atoms with Crippen molar-refractivity contribution in [3.8, 4) is 6.07 Å². The highest BCUT2D eigenvalue weighted by Crippen LogP contribution is 2.07. The van der Waals surface area contributed by atoms with Crippen LogP contribution < -0.4 is 0 Å². The van der Waals surface area contributed by atoms with Crippen LogP contribution in [-0.4, -0.2) is 0 Å². The number of benzene rings is 1. The fourth-order valence-electron chi connectivity index (χ4n) is 1.25. The van der Waals surface area contributed by atoms with Crippen LogP contribution in [0.1, 0.15) is 30.4 Å². The zero-order chi connectivity index (χ0) is 9.52. The molecule has 67 valence electrons. The van der Waals surface area contributed by atoms with Crippen molar-refractivity contribution in [3.05, 3.63) is 42.3 Å². The largest absolute Gasteiger partial charge is 0.192 e. The first-order valence-electron chi connectivity index (χ1n) is 4.65. The minimum Gasteiger partial charge on any atom is -0.192 e. The van der Waals surface area contributed by atoms with Gasteiger partial charge in [-0.15, -0.1) is 0 Å².